The number of hydrogen-bond donors (Lipinski definition) is 2. The number of carbonyl (C=O) groups excluding carboxylic acids is 1. The predicted octanol–water partition coefficient (Wildman–Crippen LogP) is 2.96. The SMILES string of the molecule is CCc1ccc(C=Nn2[nH]nc(C(=O)NCc3ccc(C(F)(F)F)cc3)c2=O)cc1. The number of aryl methyl sites for hydroxylation is 1. The Labute approximate surface area is 169 Å². The van der Waals surface area contributed by atoms with Crippen LogP contribution in [0.5, 0.6) is 0 Å². The highest BCUT2D eigenvalue weighted by atomic mass is 19.4. The number of H-pyrrole nitrogens is 1. The maximum absolute atomic E-state index is 12.6. The second-order valence-corrected chi connectivity index (χ2v) is 6.39. The molecule has 0 fully saturated rings. The van der Waals surface area contributed by atoms with E-state index in [-0.39, 0.29) is 6.54 Å². The van der Waals surface area contributed by atoms with Gasteiger partial charge in [0.1, 0.15) is 0 Å². The van der Waals surface area contributed by atoms with Crippen molar-refractivity contribution in [3.8, 4) is 0 Å². The molecule has 0 bridgehead atoms. The molecule has 1 heterocycles. The summed E-state index contributed by atoms with van der Waals surface area (Å²) in [6, 6.07) is 11.9. The minimum Gasteiger partial charge on any atom is -0.346 e. The Morgan fingerprint density at radius 1 is 1.13 bits per heavy atom. The van der Waals surface area contributed by atoms with Gasteiger partial charge >= 0.3 is 11.7 Å². The van der Waals surface area contributed by atoms with Crippen LogP contribution < -0.4 is 10.9 Å². The molecular weight excluding hydrogens is 399 g/mol. The Morgan fingerprint density at radius 3 is 2.37 bits per heavy atom. The van der Waals surface area contributed by atoms with Crippen molar-refractivity contribution in [1.29, 1.82) is 0 Å². The summed E-state index contributed by atoms with van der Waals surface area (Å²) in [5, 5.41) is 12.4. The molecule has 0 radical (unpaired) electrons. The van der Waals surface area contributed by atoms with Gasteiger partial charge in [0.25, 0.3) is 5.91 Å². The van der Waals surface area contributed by atoms with Crippen LogP contribution in [-0.2, 0) is 19.1 Å². The number of halogens is 3. The highest BCUT2D eigenvalue weighted by Crippen LogP contribution is 2.29. The van der Waals surface area contributed by atoms with Crippen LogP contribution in [0.3, 0.4) is 0 Å². The fourth-order valence-electron chi connectivity index (χ4n) is 2.56. The molecule has 1 amide bonds. The number of rotatable bonds is 6. The Bertz CT molecular complexity index is 1100. The monoisotopic (exact) mass is 417 g/mol. The van der Waals surface area contributed by atoms with Crippen molar-refractivity contribution < 1.29 is 18.0 Å². The molecule has 0 atom stereocenters. The Balaban J connectivity index is 1.64. The van der Waals surface area contributed by atoms with Crippen LogP contribution in [0.1, 0.15) is 39.7 Å². The van der Waals surface area contributed by atoms with E-state index < -0.39 is 28.9 Å². The van der Waals surface area contributed by atoms with Gasteiger partial charge in [-0.3, -0.25) is 9.59 Å². The van der Waals surface area contributed by atoms with Gasteiger partial charge in [0.2, 0.25) is 5.69 Å². The number of alkyl halides is 3. The Kier molecular flexibility index (Phi) is 6.14. The fourth-order valence-corrected chi connectivity index (χ4v) is 2.56. The van der Waals surface area contributed by atoms with Gasteiger partial charge in [-0.05, 0) is 35.2 Å². The van der Waals surface area contributed by atoms with E-state index in [2.05, 4.69) is 20.7 Å². The van der Waals surface area contributed by atoms with E-state index in [9.17, 15) is 22.8 Å². The second-order valence-electron chi connectivity index (χ2n) is 6.39. The summed E-state index contributed by atoms with van der Waals surface area (Å²) in [6.07, 6.45) is -2.08. The first kappa shape index (κ1) is 21.0. The predicted molar refractivity (Wildman–Crippen MR) is 104 cm³/mol. The third-order valence-electron chi connectivity index (χ3n) is 4.31. The molecule has 7 nitrogen and oxygen atoms in total. The van der Waals surface area contributed by atoms with Crippen molar-refractivity contribution in [2.45, 2.75) is 26.1 Å². The first-order chi connectivity index (χ1) is 14.3. The average molecular weight is 417 g/mol. The summed E-state index contributed by atoms with van der Waals surface area (Å²) in [5.74, 6) is -0.766. The Morgan fingerprint density at radius 2 is 1.77 bits per heavy atom. The molecule has 1 aromatic heterocycles. The highest BCUT2D eigenvalue weighted by molar-refractivity contribution is 5.91. The zero-order chi connectivity index (χ0) is 21.7. The lowest BCUT2D eigenvalue weighted by Crippen LogP contribution is -2.29. The summed E-state index contributed by atoms with van der Waals surface area (Å²) < 4.78 is 37.7. The van der Waals surface area contributed by atoms with Gasteiger partial charge in [0.05, 0.1) is 11.8 Å². The van der Waals surface area contributed by atoms with Crippen molar-refractivity contribution in [3.63, 3.8) is 0 Å². The third-order valence-corrected chi connectivity index (χ3v) is 4.31. The van der Waals surface area contributed by atoms with E-state index >= 15 is 0 Å². The molecule has 0 saturated carbocycles. The maximum Gasteiger partial charge on any atom is 0.416 e. The molecule has 156 valence electrons. The number of aromatic nitrogens is 3. The third kappa shape index (κ3) is 5.02. The van der Waals surface area contributed by atoms with E-state index in [1.807, 2.05) is 31.2 Å². The molecule has 0 unspecified atom stereocenters. The maximum atomic E-state index is 12.6. The number of aromatic amines is 1. The first-order valence-corrected chi connectivity index (χ1v) is 9.03. The van der Waals surface area contributed by atoms with E-state index in [0.717, 1.165) is 34.5 Å². The molecule has 0 aliphatic heterocycles. The van der Waals surface area contributed by atoms with Crippen LogP contribution in [0, 0.1) is 0 Å². The molecule has 3 aromatic rings. The standard InChI is InChI=1S/C20H18F3N5O2/c1-2-13-3-5-15(6-4-13)12-25-28-19(30)17(26-27-28)18(29)24-11-14-7-9-16(10-8-14)20(21,22)23/h3-10,12,27H,2,11H2,1H3,(H,24,29). The van der Waals surface area contributed by atoms with Crippen LogP contribution in [0.25, 0.3) is 0 Å². The normalized spacial score (nSPS) is 11.7. The fraction of sp³-hybridized carbons (Fsp3) is 0.200. The van der Waals surface area contributed by atoms with Crippen LogP contribution >= 0.6 is 0 Å². The van der Waals surface area contributed by atoms with Gasteiger partial charge in [-0.2, -0.15) is 23.5 Å². The number of benzene rings is 2. The van der Waals surface area contributed by atoms with Crippen molar-refractivity contribution in [1.82, 2.24) is 20.4 Å². The van der Waals surface area contributed by atoms with Crippen LogP contribution in [0.15, 0.2) is 58.4 Å². The van der Waals surface area contributed by atoms with Crippen molar-refractivity contribution in [2.75, 3.05) is 0 Å². The summed E-state index contributed by atoms with van der Waals surface area (Å²) in [6.45, 7) is 1.98. The van der Waals surface area contributed by atoms with Crippen LogP contribution in [-0.4, -0.2) is 27.2 Å². The van der Waals surface area contributed by atoms with Gasteiger partial charge in [0, 0.05) is 6.54 Å². The smallest absolute Gasteiger partial charge is 0.346 e. The van der Waals surface area contributed by atoms with E-state index in [1.54, 1.807) is 0 Å². The van der Waals surface area contributed by atoms with Gasteiger partial charge in [-0.15, -0.1) is 9.89 Å². The van der Waals surface area contributed by atoms with E-state index in [1.165, 1.54) is 18.3 Å². The number of nitrogens with one attached hydrogen (secondary N) is 2. The summed E-state index contributed by atoms with van der Waals surface area (Å²) in [4.78, 5) is 25.3. The largest absolute Gasteiger partial charge is 0.416 e. The van der Waals surface area contributed by atoms with Crippen molar-refractivity contribution >= 4 is 12.1 Å². The van der Waals surface area contributed by atoms with Gasteiger partial charge in [0.15, 0.2) is 0 Å². The lowest BCUT2D eigenvalue weighted by Gasteiger charge is -2.08. The van der Waals surface area contributed by atoms with Crippen LogP contribution in [0.4, 0.5) is 13.2 Å². The molecule has 10 heteroatoms. The van der Waals surface area contributed by atoms with E-state index in [4.69, 9.17) is 0 Å². The molecule has 0 saturated heterocycles. The minimum atomic E-state index is -4.43. The average Bonchev–Trinajstić information content (AvgIpc) is 3.11. The summed E-state index contributed by atoms with van der Waals surface area (Å²) in [5.41, 5.74) is 0.442. The van der Waals surface area contributed by atoms with Gasteiger partial charge in [-0.25, -0.2) is 0 Å². The summed E-state index contributed by atoms with van der Waals surface area (Å²) in [7, 11) is 0. The second kappa shape index (κ2) is 8.76. The zero-order valence-electron chi connectivity index (χ0n) is 15.9. The van der Waals surface area contributed by atoms with Crippen molar-refractivity contribution in [3.05, 3.63) is 86.8 Å². The molecule has 2 aromatic carbocycles. The molecule has 2 N–H and O–H groups in total. The van der Waals surface area contributed by atoms with Gasteiger partial charge < -0.3 is 5.32 Å². The van der Waals surface area contributed by atoms with Gasteiger partial charge in [-0.1, -0.05) is 43.3 Å². The molecular formula is C20H18F3N5O2. The molecule has 0 aliphatic rings. The van der Waals surface area contributed by atoms with Crippen LogP contribution in [0.2, 0.25) is 0 Å². The quantitative estimate of drug-likeness (QED) is 0.604. The number of nitrogens with zero attached hydrogens (tertiary/aromatic N) is 3. The topological polar surface area (TPSA) is 92.1 Å². The molecule has 3 rings (SSSR count). The number of amides is 1. The van der Waals surface area contributed by atoms with Crippen molar-refractivity contribution in [2.24, 2.45) is 5.10 Å². The van der Waals surface area contributed by atoms with E-state index in [0.29, 0.717) is 5.56 Å². The lowest BCUT2D eigenvalue weighted by molar-refractivity contribution is -0.137. The number of hydrogen-bond acceptors (Lipinski definition) is 4. The number of carbonyl (C=O) groups is 1. The molecule has 30 heavy (non-hydrogen) atoms. The first-order valence-electron chi connectivity index (χ1n) is 9.03. The zero-order valence-corrected chi connectivity index (χ0v) is 15.9. The summed E-state index contributed by atoms with van der Waals surface area (Å²) >= 11 is 0. The highest BCUT2D eigenvalue weighted by Gasteiger charge is 2.29. The minimum absolute atomic E-state index is 0.0592. The molecule has 0 aliphatic carbocycles. The Hall–Kier alpha value is -3.69. The molecule has 0 spiro atoms. The lowest BCUT2D eigenvalue weighted by atomic mass is 10.1.